The second-order valence-corrected chi connectivity index (χ2v) is 13.0. The Morgan fingerprint density at radius 2 is 1.29 bits per heavy atom. The Balaban J connectivity index is 1.06. The first-order valence-electron chi connectivity index (χ1n) is 16.8. The molecule has 1 aliphatic rings. The van der Waals surface area contributed by atoms with Crippen molar-refractivity contribution in [3.05, 3.63) is 62.5 Å². The summed E-state index contributed by atoms with van der Waals surface area (Å²) in [6.45, 7) is 11.6. The van der Waals surface area contributed by atoms with Crippen LogP contribution in [0.15, 0.2) is 29.3 Å². The summed E-state index contributed by atoms with van der Waals surface area (Å²) in [5.41, 5.74) is 3.88. The van der Waals surface area contributed by atoms with E-state index in [0.717, 1.165) is 33.2 Å². The standard InChI is InChI=1S/C34H47ClN6O9S/c1-23-24(2)51-33-30(23)31(26-4-6-27(35)7-5-26)38-28(32-40-39-25(3)41(32)33)22-29(42)36-8-10-45-12-14-47-16-18-49-20-21-50-19-17-48-15-13-46-11-9-37-34(43)44/h4-7,28,37H,8-22H2,1-3H3,(H,36,42)(H,43,44)/t28-/m0/s1. The van der Waals surface area contributed by atoms with Crippen molar-refractivity contribution in [1.29, 1.82) is 0 Å². The lowest BCUT2D eigenvalue weighted by atomic mass is 9.99. The van der Waals surface area contributed by atoms with E-state index in [2.05, 4.69) is 34.7 Å². The van der Waals surface area contributed by atoms with Crippen LogP contribution in [0.1, 0.15) is 45.7 Å². The van der Waals surface area contributed by atoms with Gasteiger partial charge in [-0.15, -0.1) is 21.5 Å². The van der Waals surface area contributed by atoms with Crippen molar-refractivity contribution in [2.45, 2.75) is 33.2 Å². The number of carbonyl (C=O) groups excluding carboxylic acids is 1. The maximum Gasteiger partial charge on any atom is 0.404 e. The number of aliphatic imine (C=N–C) groups is 1. The highest BCUT2D eigenvalue weighted by Crippen LogP contribution is 2.39. The molecule has 17 heteroatoms. The predicted octanol–water partition coefficient (Wildman–Crippen LogP) is 3.67. The Labute approximate surface area is 306 Å². The molecular weight excluding hydrogens is 704 g/mol. The topological polar surface area (TPSA) is 177 Å². The number of amides is 2. The molecule has 51 heavy (non-hydrogen) atoms. The molecule has 0 bridgehead atoms. The number of hydrogen-bond donors (Lipinski definition) is 3. The van der Waals surface area contributed by atoms with Gasteiger partial charge in [-0.3, -0.25) is 14.4 Å². The van der Waals surface area contributed by atoms with Gasteiger partial charge in [0.1, 0.15) is 16.9 Å². The predicted molar refractivity (Wildman–Crippen MR) is 192 cm³/mol. The number of aryl methyl sites for hydroxylation is 2. The molecule has 280 valence electrons. The van der Waals surface area contributed by atoms with Crippen LogP contribution in [0.3, 0.4) is 0 Å². The first-order chi connectivity index (χ1) is 24.8. The molecule has 3 aromatic rings. The maximum atomic E-state index is 13.1. The minimum absolute atomic E-state index is 0.108. The zero-order valence-corrected chi connectivity index (χ0v) is 30.9. The summed E-state index contributed by atoms with van der Waals surface area (Å²) in [5, 5.41) is 24.0. The fourth-order valence-corrected chi connectivity index (χ4v) is 6.41. The van der Waals surface area contributed by atoms with E-state index in [0.29, 0.717) is 96.7 Å². The van der Waals surface area contributed by atoms with E-state index in [1.807, 2.05) is 35.8 Å². The van der Waals surface area contributed by atoms with Gasteiger partial charge in [-0.05, 0) is 38.5 Å². The molecule has 0 fully saturated rings. The fraction of sp³-hybridized carbons (Fsp3) is 0.559. The molecule has 2 aromatic heterocycles. The summed E-state index contributed by atoms with van der Waals surface area (Å²) in [5.74, 6) is 1.21. The molecule has 0 spiro atoms. The normalized spacial score (nSPS) is 13.7. The fourth-order valence-electron chi connectivity index (χ4n) is 5.07. The SMILES string of the molecule is Cc1sc2c(c1C)C(c1ccc(Cl)cc1)=N[C@@H](CC(=O)NCCOCCOCCOCCOCCOCCOCCNC(=O)O)c1nnc(C)n1-2. The van der Waals surface area contributed by atoms with Crippen LogP contribution in [0.5, 0.6) is 0 Å². The maximum absolute atomic E-state index is 13.1. The van der Waals surface area contributed by atoms with Gasteiger partial charge in [-0.2, -0.15) is 0 Å². The van der Waals surface area contributed by atoms with Gasteiger partial charge < -0.3 is 44.2 Å². The lowest BCUT2D eigenvalue weighted by Gasteiger charge is -2.13. The highest BCUT2D eigenvalue weighted by Gasteiger charge is 2.32. The molecule has 2 amide bonds. The summed E-state index contributed by atoms with van der Waals surface area (Å²) >= 11 is 7.86. The van der Waals surface area contributed by atoms with Gasteiger partial charge in [-0.25, -0.2) is 4.79 Å². The molecular formula is C34H47ClN6O9S. The van der Waals surface area contributed by atoms with Crippen molar-refractivity contribution in [2.75, 3.05) is 92.4 Å². The van der Waals surface area contributed by atoms with E-state index in [1.165, 1.54) is 4.88 Å². The largest absolute Gasteiger partial charge is 0.465 e. The number of ether oxygens (including phenoxy) is 6. The van der Waals surface area contributed by atoms with Crippen LogP contribution < -0.4 is 10.6 Å². The molecule has 0 saturated heterocycles. The van der Waals surface area contributed by atoms with Gasteiger partial charge in [0, 0.05) is 34.1 Å². The Bertz CT molecular complexity index is 1570. The van der Waals surface area contributed by atoms with Crippen molar-refractivity contribution in [3.63, 3.8) is 0 Å². The zero-order chi connectivity index (χ0) is 36.4. The number of thiophene rings is 1. The molecule has 1 aromatic carbocycles. The van der Waals surface area contributed by atoms with Crippen LogP contribution in [0.2, 0.25) is 5.02 Å². The second-order valence-electron chi connectivity index (χ2n) is 11.4. The van der Waals surface area contributed by atoms with Crippen LogP contribution in [-0.2, 0) is 33.2 Å². The minimum atomic E-state index is -1.07. The highest BCUT2D eigenvalue weighted by molar-refractivity contribution is 7.15. The molecule has 0 aliphatic carbocycles. The number of benzene rings is 1. The third kappa shape index (κ3) is 12.9. The number of rotatable bonds is 24. The molecule has 0 saturated carbocycles. The Hall–Kier alpha value is -3.48. The number of halogens is 1. The van der Waals surface area contributed by atoms with Crippen molar-refractivity contribution in [2.24, 2.45) is 4.99 Å². The lowest BCUT2D eigenvalue weighted by Crippen LogP contribution is -2.29. The second kappa shape index (κ2) is 21.8. The number of aromatic nitrogens is 3. The number of carbonyl (C=O) groups is 2. The van der Waals surface area contributed by atoms with Crippen LogP contribution in [0, 0.1) is 20.8 Å². The molecule has 1 atom stereocenters. The Morgan fingerprint density at radius 1 is 0.784 bits per heavy atom. The summed E-state index contributed by atoms with van der Waals surface area (Å²) < 4.78 is 34.7. The molecule has 0 unspecified atom stereocenters. The van der Waals surface area contributed by atoms with Crippen LogP contribution in [0.4, 0.5) is 4.79 Å². The molecule has 3 heterocycles. The molecule has 4 rings (SSSR count). The van der Waals surface area contributed by atoms with Gasteiger partial charge in [0.05, 0.1) is 91.4 Å². The highest BCUT2D eigenvalue weighted by atomic mass is 35.5. The van der Waals surface area contributed by atoms with Crippen LogP contribution in [0.25, 0.3) is 5.00 Å². The molecule has 1 aliphatic heterocycles. The van der Waals surface area contributed by atoms with Crippen molar-refractivity contribution in [1.82, 2.24) is 25.4 Å². The summed E-state index contributed by atoms with van der Waals surface area (Å²) in [7, 11) is 0. The van der Waals surface area contributed by atoms with Gasteiger partial charge in [-0.1, -0.05) is 23.7 Å². The quantitative estimate of drug-likeness (QED) is 0.114. The van der Waals surface area contributed by atoms with Crippen molar-refractivity contribution >= 4 is 40.6 Å². The van der Waals surface area contributed by atoms with E-state index in [-0.39, 0.29) is 18.9 Å². The summed E-state index contributed by atoms with van der Waals surface area (Å²) in [6, 6.07) is 7.06. The van der Waals surface area contributed by atoms with Crippen molar-refractivity contribution < 1.29 is 43.1 Å². The first-order valence-corrected chi connectivity index (χ1v) is 18.0. The minimum Gasteiger partial charge on any atom is -0.465 e. The van der Waals surface area contributed by atoms with Gasteiger partial charge >= 0.3 is 6.09 Å². The number of hydrogen-bond acceptors (Lipinski definition) is 12. The lowest BCUT2D eigenvalue weighted by molar-refractivity contribution is -0.121. The third-order valence-electron chi connectivity index (χ3n) is 7.69. The number of nitrogens with one attached hydrogen (secondary N) is 2. The summed E-state index contributed by atoms with van der Waals surface area (Å²) in [4.78, 5) is 29.7. The van der Waals surface area contributed by atoms with Crippen LogP contribution >= 0.6 is 22.9 Å². The monoisotopic (exact) mass is 750 g/mol. The first kappa shape index (κ1) is 40.3. The van der Waals surface area contributed by atoms with Crippen LogP contribution in [-0.4, -0.2) is 130 Å². The molecule has 3 N–H and O–H groups in total. The van der Waals surface area contributed by atoms with E-state index in [9.17, 15) is 9.59 Å². The third-order valence-corrected chi connectivity index (χ3v) is 9.13. The smallest absolute Gasteiger partial charge is 0.404 e. The van der Waals surface area contributed by atoms with E-state index in [4.69, 9.17) is 50.1 Å². The Morgan fingerprint density at radius 3 is 1.82 bits per heavy atom. The van der Waals surface area contributed by atoms with Gasteiger partial charge in [0.15, 0.2) is 5.82 Å². The summed E-state index contributed by atoms with van der Waals surface area (Å²) in [6.07, 6.45) is -0.962. The molecule has 15 nitrogen and oxygen atoms in total. The van der Waals surface area contributed by atoms with E-state index in [1.54, 1.807) is 11.3 Å². The van der Waals surface area contributed by atoms with Gasteiger partial charge in [0.25, 0.3) is 0 Å². The number of carboxylic acid groups (broad SMARTS) is 1. The average molecular weight is 751 g/mol. The van der Waals surface area contributed by atoms with E-state index < -0.39 is 12.1 Å². The Kier molecular flexibility index (Phi) is 17.2. The molecule has 0 radical (unpaired) electrons. The van der Waals surface area contributed by atoms with Crippen molar-refractivity contribution in [3.8, 4) is 5.00 Å². The number of nitrogens with zero attached hydrogens (tertiary/aromatic N) is 4. The van der Waals surface area contributed by atoms with Gasteiger partial charge in [0.2, 0.25) is 5.91 Å². The average Bonchev–Trinajstić information content (AvgIpc) is 3.58. The van der Waals surface area contributed by atoms with E-state index >= 15 is 0 Å². The zero-order valence-electron chi connectivity index (χ0n) is 29.3. The number of fused-ring (bicyclic) bond motifs is 3.